The average molecular weight is 905 g/mol. The summed E-state index contributed by atoms with van der Waals surface area (Å²) in [5.74, 6) is -0.974. The van der Waals surface area contributed by atoms with E-state index in [2.05, 4.69) is 106 Å². The lowest BCUT2D eigenvalue weighted by Gasteiger charge is -2.18. The second kappa shape index (κ2) is 53.2. The molecule has 0 rings (SSSR count). The maximum absolute atomic E-state index is 12.8. The molecule has 0 aliphatic rings. The zero-order chi connectivity index (χ0) is 47.2. The Morgan fingerprint density at radius 3 is 1.02 bits per heavy atom. The van der Waals surface area contributed by atoms with Crippen LogP contribution in [0, 0.1) is 0 Å². The molecule has 0 spiro atoms. The summed E-state index contributed by atoms with van der Waals surface area (Å²) in [5, 5.41) is 0. The number of hydrogen-bond donors (Lipinski definition) is 0. The van der Waals surface area contributed by atoms with Crippen molar-refractivity contribution in [3.63, 3.8) is 0 Å². The summed E-state index contributed by atoms with van der Waals surface area (Å²) < 4.78 is 16.8. The molecular formula is C59H100O6. The lowest BCUT2D eigenvalue weighted by atomic mass is 10.1. The Balaban J connectivity index is 4.50. The fraction of sp³-hybridized carbons (Fsp3) is 0.712. The molecule has 0 bridgehead atoms. The molecule has 372 valence electrons. The number of ether oxygens (including phenoxy) is 3. The lowest BCUT2D eigenvalue weighted by Crippen LogP contribution is -2.30. The predicted molar refractivity (Wildman–Crippen MR) is 279 cm³/mol. The number of rotatable bonds is 48. The highest BCUT2D eigenvalue weighted by Crippen LogP contribution is 2.14. The molecule has 0 aromatic rings. The SMILES string of the molecule is CC/C=C\C/C=C\C/C=C\C/C=C\C/C=C\CCCC(=O)O[C@H](COC(=O)CCCCCCC/C=C\CCCCCCCC)COC(=O)CCCCCCCCC/C=C\CCCCCC. The van der Waals surface area contributed by atoms with Crippen LogP contribution in [-0.2, 0) is 28.6 Å². The maximum atomic E-state index is 12.8. The summed E-state index contributed by atoms with van der Waals surface area (Å²) in [4.78, 5) is 38.0. The van der Waals surface area contributed by atoms with Crippen molar-refractivity contribution in [2.45, 2.75) is 258 Å². The normalized spacial score (nSPS) is 12.7. The van der Waals surface area contributed by atoms with Crippen LogP contribution in [0.15, 0.2) is 85.1 Å². The van der Waals surface area contributed by atoms with E-state index in [1.54, 1.807) is 0 Å². The molecule has 0 saturated heterocycles. The Hall–Kier alpha value is -3.41. The topological polar surface area (TPSA) is 78.9 Å². The Bertz CT molecular complexity index is 1270. The first-order chi connectivity index (χ1) is 32.0. The standard InChI is InChI=1S/C59H100O6/c1-4-7-10-13-16-19-22-25-28-29-32-35-38-41-44-47-50-53-59(62)65-56(54-63-57(60)51-48-45-42-39-36-33-30-26-23-20-17-14-11-8-5-2)55-64-58(61)52-49-46-43-40-37-34-31-27-24-21-18-15-12-9-6-3/h7,10,16,19-20,23,25,27-28,31-32,35,41,44,56H,4-6,8-9,11-15,17-18,21-22,24,26,29-30,33-34,36-40,42-43,45-55H2,1-3H3/b10-7-,19-16-,23-20-,28-25-,31-27-,35-32-,44-41-/t56-/m0/s1. The molecule has 0 unspecified atom stereocenters. The number of allylic oxidation sites excluding steroid dienone is 14. The van der Waals surface area contributed by atoms with E-state index in [9.17, 15) is 14.4 Å². The summed E-state index contributed by atoms with van der Waals surface area (Å²) in [7, 11) is 0. The molecule has 0 heterocycles. The molecule has 0 aromatic heterocycles. The van der Waals surface area contributed by atoms with Crippen LogP contribution in [0.1, 0.15) is 252 Å². The molecule has 0 aromatic carbocycles. The van der Waals surface area contributed by atoms with Crippen molar-refractivity contribution in [3.05, 3.63) is 85.1 Å². The van der Waals surface area contributed by atoms with Crippen LogP contribution >= 0.6 is 0 Å². The van der Waals surface area contributed by atoms with E-state index < -0.39 is 6.10 Å². The molecule has 6 nitrogen and oxygen atoms in total. The fourth-order valence-electron chi connectivity index (χ4n) is 7.29. The van der Waals surface area contributed by atoms with Gasteiger partial charge in [0, 0.05) is 19.3 Å². The highest BCUT2D eigenvalue weighted by atomic mass is 16.6. The first-order valence-corrected chi connectivity index (χ1v) is 27.1. The summed E-state index contributed by atoms with van der Waals surface area (Å²) in [6, 6.07) is 0. The van der Waals surface area contributed by atoms with Crippen molar-refractivity contribution in [3.8, 4) is 0 Å². The number of unbranched alkanes of at least 4 members (excludes halogenated alkanes) is 23. The van der Waals surface area contributed by atoms with Gasteiger partial charge in [-0.2, -0.15) is 0 Å². The third-order valence-corrected chi connectivity index (χ3v) is 11.4. The van der Waals surface area contributed by atoms with Crippen LogP contribution in [-0.4, -0.2) is 37.2 Å². The van der Waals surface area contributed by atoms with E-state index in [1.807, 2.05) is 0 Å². The lowest BCUT2D eigenvalue weighted by molar-refractivity contribution is -0.167. The largest absolute Gasteiger partial charge is 0.462 e. The highest BCUT2D eigenvalue weighted by molar-refractivity contribution is 5.71. The zero-order valence-electron chi connectivity index (χ0n) is 42.5. The number of carbonyl (C=O) groups excluding carboxylic acids is 3. The minimum Gasteiger partial charge on any atom is -0.462 e. The Labute approximate surface area is 401 Å². The molecule has 6 heteroatoms. The van der Waals surface area contributed by atoms with Gasteiger partial charge in [0.1, 0.15) is 13.2 Å². The molecule has 0 aliphatic carbocycles. The van der Waals surface area contributed by atoms with E-state index in [0.717, 1.165) is 89.9 Å². The van der Waals surface area contributed by atoms with Crippen molar-refractivity contribution >= 4 is 17.9 Å². The van der Waals surface area contributed by atoms with Crippen molar-refractivity contribution < 1.29 is 28.6 Å². The van der Waals surface area contributed by atoms with Crippen molar-refractivity contribution in [2.24, 2.45) is 0 Å². The van der Waals surface area contributed by atoms with Gasteiger partial charge in [-0.3, -0.25) is 14.4 Å². The zero-order valence-corrected chi connectivity index (χ0v) is 42.5. The van der Waals surface area contributed by atoms with Crippen LogP contribution < -0.4 is 0 Å². The number of esters is 3. The Morgan fingerprint density at radius 2 is 0.615 bits per heavy atom. The first kappa shape index (κ1) is 61.6. The summed E-state index contributed by atoms with van der Waals surface area (Å²) in [6.45, 7) is 6.45. The molecule has 1 atom stereocenters. The van der Waals surface area contributed by atoms with E-state index in [4.69, 9.17) is 14.2 Å². The van der Waals surface area contributed by atoms with Gasteiger partial charge in [-0.05, 0) is 109 Å². The van der Waals surface area contributed by atoms with Gasteiger partial charge in [0.05, 0.1) is 0 Å². The van der Waals surface area contributed by atoms with Gasteiger partial charge in [0.15, 0.2) is 6.10 Å². The van der Waals surface area contributed by atoms with Gasteiger partial charge in [0.2, 0.25) is 0 Å². The second-order valence-corrected chi connectivity index (χ2v) is 17.7. The van der Waals surface area contributed by atoms with Gasteiger partial charge in [-0.15, -0.1) is 0 Å². The third kappa shape index (κ3) is 51.4. The van der Waals surface area contributed by atoms with Gasteiger partial charge in [-0.1, -0.05) is 209 Å². The van der Waals surface area contributed by atoms with E-state index in [-0.39, 0.29) is 37.5 Å². The molecule has 0 N–H and O–H groups in total. The Kier molecular flexibility index (Phi) is 50.4. The monoisotopic (exact) mass is 905 g/mol. The maximum Gasteiger partial charge on any atom is 0.306 e. The van der Waals surface area contributed by atoms with E-state index in [1.165, 1.54) is 116 Å². The molecule has 0 radical (unpaired) electrons. The third-order valence-electron chi connectivity index (χ3n) is 11.4. The van der Waals surface area contributed by atoms with E-state index in [0.29, 0.717) is 19.3 Å². The molecule has 0 fully saturated rings. The van der Waals surface area contributed by atoms with Gasteiger partial charge in [-0.25, -0.2) is 0 Å². The summed E-state index contributed by atoms with van der Waals surface area (Å²) in [5.41, 5.74) is 0. The average Bonchev–Trinajstić information content (AvgIpc) is 3.30. The fourth-order valence-corrected chi connectivity index (χ4v) is 7.29. The van der Waals surface area contributed by atoms with Crippen molar-refractivity contribution in [1.29, 1.82) is 0 Å². The van der Waals surface area contributed by atoms with Crippen molar-refractivity contribution in [1.82, 2.24) is 0 Å². The quantitative estimate of drug-likeness (QED) is 0.0262. The number of hydrogen-bond acceptors (Lipinski definition) is 6. The van der Waals surface area contributed by atoms with Crippen LogP contribution in [0.4, 0.5) is 0 Å². The molecular weight excluding hydrogens is 805 g/mol. The van der Waals surface area contributed by atoms with Gasteiger partial charge >= 0.3 is 17.9 Å². The van der Waals surface area contributed by atoms with Crippen molar-refractivity contribution in [2.75, 3.05) is 13.2 Å². The minimum atomic E-state index is -0.811. The predicted octanol–water partition coefficient (Wildman–Crippen LogP) is 18.0. The highest BCUT2D eigenvalue weighted by Gasteiger charge is 2.19. The summed E-state index contributed by atoms with van der Waals surface area (Å²) in [6.07, 6.45) is 68.5. The molecule has 0 aliphatic heterocycles. The molecule has 65 heavy (non-hydrogen) atoms. The Morgan fingerprint density at radius 1 is 0.323 bits per heavy atom. The van der Waals surface area contributed by atoms with Gasteiger partial charge in [0.25, 0.3) is 0 Å². The minimum absolute atomic E-state index is 0.104. The number of carbonyl (C=O) groups is 3. The van der Waals surface area contributed by atoms with Crippen LogP contribution in [0.25, 0.3) is 0 Å². The smallest absolute Gasteiger partial charge is 0.306 e. The van der Waals surface area contributed by atoms with Gasteiger partial charge < -0.3 is 14.2 Å². The summed E-state index contributed by atoms with van der Waals surface area (Å²) >= 11 is 0. The first-order valence-electron chi connectivity index (χ1n) is 27.1. The molecule has 0 amide bonds. The second-order valence-electron chi connectivity index (χ2n) is 17.7. The van der Waals surface area contributed by atoms with E-state index >= 15 is 0 Å². The van der Waals surface area contributed by atoms with Crippen LogP contribution in [0.2, 0.25) is 0 Å². The van der Waals surface area contributed by atoms with Crippen LogP contribution in [0.3, 0.4) is 0 Å². The van der Waals surface area contributed by atoms with Crippen LogP contribution in [0.5, 0.6) is 0 Å². The molecule has 0 saturated carbocycles.